The predicted octanol–water partition coefficient (Wildman–Crippen LogP) is 1.76. The molecule has 1 aliphatic heterocycles. The van der Waals surface area contributed by atoms with Gasteiger partial charge in [0.25, 0.3) is 0 Å². The second-order valence-electron chi connectivity index (χ2n) is 4.37. The molecule has 0 radical (unpaired) electrons. The van der Waals surface area contributed by atoms with E-state index in [1.807, 2.05) is 0 Å². The van der Waals surface area contributed by atoms with Crippen LogP contribution in [0.5, 0.6) is 0 Å². The van der Waals surface area contributed by atoms with Crippen LogP contribution in [0.15, 0.2) is 18.2 Å². The van der Waals surface area contributed by atoms with Crippen molar-refractivity contribution < 1.29 is 8.78 Å². The summed E-state index contributed by atoms with van der Waals surface area (Å²) in [5, 5.41) is 3.33. The number of rotatable bonds is 2. The Morgan fingerprint density at radius 2 is 2.00 bits per heavy atom. The first kappa shape index (κ1) is 11.5. The van der Waals surface area contributed by atoms with E-state index in [1.54, 1.807) is 0 Å². The fraction of sp³-hybridized carbons (Fsp3) is 0.500. The smallest absolute Gasteiger partial charge is 0.126 e. The largest absolute Gasteiger partial charge is 0.312 e. The first-order valence-electron chi connectivity index (χ1n) is 5.54. The van der Waals surface area contributed by atoms with Crippen LogP contribution >= 0.6 is 0 Å². The molecule has 4 heteroatoms. The highest BCUT2D eigenvalue weighted by molar-refractivity contribution is 5.17. The molecule has 0 aromatic heterocycles. The number of nitrogens with one attached hydrogen (secondary N) is 1. The summed E-state index contributed by atoms with van der Waals surface area (Å²) in [4.78, 5) is 2.20. The maximum Gasteiger partial charge on any atom is 0.126 e. The van der Waals surface area contributed by atoms with Gasteiger partial charge in [0.2, 0.25) is 0 Å². The Morgan fingerprint density at radius 3 is 2.62 bits per heavy atom. The van der Waals surface area contributed by atoms with Crippen LogP contribution in [-0.4, -0.2) is 30.6 Å². The lowest BCUT2D eigenvalue weighted by atomic mass is 10.1. The summed E-state index contributed by atoms with van der Waals surface area (Å²) in [5.74, 6) is -1.00. The van der Waals surface area contributed by atoms with Gasteiger partial charge in [0, 0.05) is 38.3 Å². The van der Waals surface area contributed by atoms with Crippen molar-refractivity contribution in [2.45, 2.75) is 19.5 Å². The van der Waals surface area contributed by atoms with E-state index < -0.39 is 11.6 Å². The van der Waals surface area contributed by atoms with E-state index in [0.717, 1.165) is 25.7 Å². The highest BCUT2D eigenvalue weighted by Gasteiger charge is 2.15. The molecule has 1 aromatic carbocycles. The molecular formula is C12H16F2N2. The van der Waals surface area contributed by atoms with E-state index in [-0.39, 0.29) is 0 Å². The normalized spacial score (nSPS) is 22.3. The van der Waals surface area contributed by atoms with Gasteiger partial charge in [-0.25, -0.2) is 8.78 Å². The van der Waals surface area contributed by atoms with E-state index in [9.17, 15) is 8.78 Å². The number of hydrogen-bond donors (Lipinski definition) is 1. The number of nitrogens with zero attached hydrogens (tertiary/aromatic N) is 1. The molecule has 1 N–H and O–H groups in total. The third-order valence-electron chi connectivity index (χ3n) is 2.78. The minimum Gasteiger partial charge on any atom is -0.312 e. The number of benzene rings is 1. The average molecular weight is 226 g/mol. The molecule has 0 aliphatic carbocycles. The van der Waals surface area contributed by atoms with Crippen LogP contribution in [0.25, 0.3) is 0 Å². The zero-order chi connectivity index (χ0) is 11.5. The highest BCUT2D eigenvalue weighted by Crippen LogP contribution is 2.11. The molecule has 0 spiro atoms. The molecule has 1 aliphatic rings. The fourth-order valence-corrected chi connectivity index (χ4v) is 2.12. The number of hydrogen-bond acceptors (Lipinski definition) is 2. The van der Waals surface area contributed by atoms with Gasteiger partial charge in [-0.2, -0.15) is 0 Å². The molecule has 88 valence electrons. The lowest BCUT2D eigenvalue weighted by molar-refractivity contribution is 0.199. The Kier molecular flexibility index (Phi) is 3.51. The second-order valence-corrected chi connectivity index (χ2v) is 4.37. The number of piperazine rings is 1. The zero-order valence-corrected chi connectivity index (χ0v) is 9.34. The van der Waals surface area contributed by atoms with Gasteiger partial charge in [0.15, 0.2) is 0 Å². The molecule has 0 saturated carbocycles. The minimum atomic E-state index is -0.502. The van der Waals surface area contributed by atoms with Crippen molar-refractivity contribution in [2.24, 2.45) is 0 Å². The molecule has 2 rings (SSSR count). The highest BCUT2D eigenvalue weighted by atomic mass is 19.1. The molecule has 1 heterocycles. The van der Waals surface area contributed by atoms with Crippen LogP contribution in [0.1, 0.15) is 12.5 Å². The minimum absolute atomic E-state index is 0.437. The van der Waals surface area contributed by atoms with E-state index >= 15 is 0 Å². The second kappa shape index (κ2) is 4.89. The van der Waals surface area contributed by atoms with Crippen molar-refractivity contribution >= 4 is 0 Å². The summed E-state index contributed by atoms with van der Waals surface area (Å²) in [7, 11) is 0. The monoisotopic (exact) mass is 226 g/mol. The lowest BCUT2D eigenvalue weighted by Crippen LogP contribution is -2.48. The van der Waals surface area contributed by atoms with Gasteiger partial charge in [0.05, 0.1) is 0 Å². The van der Waals surface area contributed by atoms with Crippen molar-refractivity contribution in [3.05, 3.63) is 35.4 Å². The van der Waals surface area contributed by atoms with Crippen LogP contribution in [0.4, 0.5) is 8.78 Å². The van der Waals surface area contributed by atoms with Crippen molar-refractivity contribution in [1.29, 1.82) is 0 Å². The van der Waals surface area contributed by atoms with Crippen molar-refractivity contribution in [3.63, 3.8) is 0 Å². The Hall–Kier alpha value is -1.00. The Bertz CT molecular complexity index is 348. The molecular weight excluding hydrogens is 210 g/mol. The maximum absolute atomic E-state index is 13.0. The number of halogens is 2. The third kappa shape index (κ3) is 3.00. The van der Waals surface area contributed by atoms with Crippen molar-refractivity contribution in [2.75, 3.05) is 19.6 Å². The summed E-state index contributed by atoms with van der Waals surface area (Å²) < 4.78 is 26.0. The summed E-state index contributed by atoms with van der Waals surface area (Å²) >= 11 is 0. The van der Waals surface area contributed by atoms with E-state index in [4.69, 9.17) is 0 Å². The van der Waals surface area contributed by atoms with Crippen LogP contribution in [0.2, 0.25) is 0 Å². The van der Waals surface area contributed by atoms with Gasteiger partial charge in [-0.05, 0) is 24.6 Å². The van der Waals surface area contributed by atoms with Crippen LogP contribution < -0.4 is 5.32 Å². The molecule has 0 amide bonds. The van der Waals surface area contributed by atoms with Crippen LogP contribution in [0.3, 0.4) is 0 Å². The fourth-order valence-electron chi connectivity index (χ4n) is 2.12. The van der Waals surface area contributed by atoms with Crippen molar-refractivity contribution in [1.82, 2.24) is 10.2 Å². The van der Waals surface area contributed by atoms with Gasteiger partial charge in [-0.3, -0.25) is 4.90 Å². The molecule has 1 fully saturated rings. The predicted molar refractivity (Wildman–Crippen MR) is 59.1 cm³/mol. The molecule has 1 aromatic rings. The molecule has 2 nitrogen and oxygen atoms in total. The first-order valence-corrected chi connectivity index (χ1v) is 5.54. The van der Waals surface area contributed by atoms with E-state index in [1.165, 1.54) is 12.1 Å². The molecule has 1 atom stereocenters. The van der Waals surface area contributed by atoms with Crippen LogP contribution in [-0.2, 0) is 6.54 Å². The van der Waals surface area contributed by atoms with E-state index in [2.05, 4.69) is 17.1 Å². The zero-order valence-electron chi connectivity index (χ0n) is 9.34. The lowest BCUT2D eigenvalue weighted by Gasteiger charge is -2.31. The average Bonchev–Trinajstić information content (AvgIpc) is 2.15. The van der Waals surface area contributed by atoms with Gasteiger partial charge >= 0.3 is 0 Å². The summed E-state index contributed by atoms with van der Waals surface area (Å²) in [6.45, 7) is 5.48. The van der Waals surface area contributed by atoms with Gasteiger partial charge < -0.3 is 5.32 Å². The van der Waals surface area contributed by atoms with Crippen LogP contribution in [0, 0.1) is 11.6 Å². The first-order chi connectivity index (χ1) is 7.63. The topological polar surface area (TPSA) is 15.3 Å². The Labute approximate surface area is 94.3 Å². The summed E-state index contributed by atoms with van der Waals surface area (Å²) in [6.07, 6.45) is 0. The maximum atomic E-state index is 13.0. The molecule has 1 saturated heterocycles. The SMILES string of the molecule is C[C@@H]1CN(Cc2cc(F)cc(F)c2)CCN1. The van der Waals surface area contributed by atoms with Gasteiger partial charge in [-0.1, -0.05) is 0 Å². The standard InChI is InChI=1S/C12H16F2N2/c1-9-7-16(3-2-15-9)8-10-4-11(13)6-12(14)5-10/h4-6,9,15H,2-3,7-8H2,1H3/t9-/m1/s1. The van der Waals surface area contributed by atoms with Gasteiger partial charge in [0.1, 0.15) is 11.6 Å². The Balaban J connectivity index is 2.02. The molecule has 0 bridgehead atoms. The van der Waals surface area contributed by atoms with Gasteiger partial charge in [-0.15, -0.1) is 0 Å². The van der Waals surface area contributed by atoms with Crippen molar-refractivity contribution in [3.8, 4) is 0 Å². The Morgan fingerprint density at radius 1 is 1.31 bits per heavy atom. The quantitative estimate of drug-likeness (QED) is 0.826. The van der Waals surface area contributed by atoms with E-state index in [0.29, 0.717) is 18.2 Å². The summed E-state index contributed by atoms with van der Waals surface area (Å²) in [6, 6.07) is 4.14. The molecule has 16 heavy (non-hydrogen) atoms. The third-order valence-corrected chi connectivity index (χ3v) is 2.78. The molecule has 0 unspecified atom stereocenters. The summed E-state index contributed by atoms with van der Waals surface area (Å²) in [5.41, 5.74) is 0.701.